The first-order valence-electron chi connectivity index (χ1n) is 10.4. The van der Waals surface area contributed by atoms with Gasteiger partial charge in [0.1, 0.15) is 11.8 Å². The van der Waals surface area contributed by atoms with Gasteiger partial charge in [-0.2, -0.15) is 0 Å². The van der Waals surface area contributed by atoms with Gasteiger partial charge in [-0.25, -0.2) is 0 Å². The molecule has 1 fully saturated rings. The largest absolute Gasteiger partial charge is 0.497 e. The van der Waals surface area contributed by atoms with E-state index >= 15 is 0 Å². The number of nitrogens with one attached hydrogen (secondary N) is 2. The van der Waals surface area contributed by atoms with E-state index in [1.54, 1.807) is 31.4 Å². The Bertz CT molecular complexity index is 630. The molecular formula is C22H35N3O3. The maximum absolute atomic E-state index is 12.6. The Morgan fingerprint density at radius 3 is 2.54 bits per heavy atom. The summed E-state index contributed by atoms with van der Waals surface area (Å²) in [6, 6.07) is 6.95. The fourth-order valence-corrected chi connectivity index (χ4v) is 3.60. The van der Waals surface area contributed by atoms with Crippen molar-refractivity contribution < 1.29 is 14.3 Å². The Kier molecular flexibility index (Phi) is 8.77. The van der Waals surface area contributed by atoms with E-state index in [1.165, 1.54) is 19.3 Å². The van der Waals surface area contributed by atoms with Crippen LogP contribution in [0.1, 0.15) is 56.8 Å². The third kappa shape index (κ3) is 6.51. The second-order valence-corrected chi connectivity index (χ2v) is 7.95. The second-order valence-electron chi connectivity index (χ2n) is 7.95. The Labute approximate surface area is 169 Å². The standard InChI is InChI=1S/C22H35N3O3/c1-16(2)20(24-21(26)18-9-11-19(28-4)12-10-18)22(27)23-13-7-15-25-14-6-5-8-17(25)3/h9-12,16-17,20H,5-8,13-15H2,1-4H3,(H,23,27)(H,24,26)/t17-,20-/m0/s1. The Morgan fingerprint density at radius 1 is 1.21 bits per heavy atom. The van der Waals surface area contributed by atoms with Gasteiger partial charge < -0.3 is 20.3 Å². The lowest BCUT2D eigenvalue weighted by atomic mass is 10.0. The summed E-state index contributed by atoms with van der Waals surface area (Å²) >= 11 is 0. The van der Waals surface area contributed by atoms with Crippen LogP contribution >= 0.6 is 0 Å². The number of ether oxygens (including phenoxy) is 1. The second kappa shape index (κ2) is 11.1. The van der Waals surface area contributed by atoms with Gasteiger partial charge in [-0.1, -0.05) is 20.3 Å². The first-order valence-corrected chi connectivity index (χ1v) is 10.4. The zero-order chi connectivity index (χ0) is 20.5. The summed E-state index contributed by atoms with van der Waals surface area (Å²) in [5, 5.41) is 5.86. The van der Waals surface area contributed by atoms with Crippen molar-refractivity contribution in [1.82, 2.24) is 15.5 Å². The van der Waals surface area contributed by atoms with Crippen molar-refractivity contribution in [3.8, 4) is 5.75 Å². The van der Waals surface area contributed by atoms with Gasteiger partial charge in [0.15, 0.2) is 0 Å². The molecule has 0 radical (unpaired) electrons. The first-order chi connectivity index (χ1) is 13.4. The van der Waals surface area contributed by atoms with Crippen LogP contribution in [0.25, 0.3) is 0 Å². The van der Waals surface area contributed by atoms with Gasteiger partial charge in [-0.3, -0.25) is 9.59 Å². The van der Waals surface area contributed by atoms with Crippen LogP contribution in [0.2, 0.25) is 0 Å². The number of amides is 2. The number of carbonyl (C=O) groups excluding carboxylic acids is 2. The molecule has 0 spiro atoms. The zero-order valence-electron chi connectivity index (χ0n) is 17.7. The summed E-state index contributed by atoms with van der Waals surface area (Å²) in [4.78, 5) is 27.6. The van der Waals surface area contributed by atoms with Gasteiger partial charge in [0.05, 0.1) is 7.11 Å². The minimum atomic E-state index is -0.552. The molecule has 0 aliphatic carbocycles. The van der Waals surface area contributed by atoms with Crippen molar-refractivity contribution in [1.29, 1.82) is 0 Å². The average Bonchev–Trinajstić information content (AvgIpc) is 2.70. The molecule has 6 nitrogen and oxygen atoms in total. The molecule has 2 atom stereocenters. The van der Waals surface area contributed by atoms with Crippen molar-refractivity contribution in [2.24, 2.45) is 5.92 Å². The van der Waals surface area contributed by atoms with E-state index in [-0.39, 0.29) is 17.7 Å². The highest BCUT2D eigenvalue weighted by atomic mass is 16.5. The molecule has 0 aromatic heterocycles. The van der Waals surface area contributed by atoms with Gasteiger partial charge >= 0.3 is 0 Å². The lowest BCUT2D eigenvalue weighted by Gasteiger charge is -2.33. The number of piperidine rings is 1. The van der Waals surface area contributed by atoms with Crippen LogP contribution in [0, 0.1) is 5.92 Å². The van der Waals surface area contributed by atoms with E-state index in [0.717, 1.165) is 19.5 Å². The lowest BCUT2D eigenvalue weighted by Crippen LogP contribution is -2.50. The van der Waals surface area contributed by atoms with Crippen LogP contribution in [-0.2, 0) is 4.79 Å². The summed E-state index contributed by atoms with van der Waals surface area (Å²) in [7, 11) is 1.58. The van der Waals surface area contributed by atoms with E-state index < -0.39 is 6.04 Å². The molecule has 2 amide bonds. The van der Waals surface area contributed by atoms with Crippen LogP contribution in [0.5, 0.6) is 5.75 Å². The SMILES string of the molecule is COc1ccc(C(=O)N[C@H](C(=O)NCCCN2CCCC[C@@H]2C)C(C)C)cc1. The molecule has 2 N–H and O–H groups in total. The maximum Gasteiger partial charge on any atom is 0.251 e. The minimum Gasteiger partial charge on any atom is -0.497 e. The van der Waals surface area contributed by atoms with Crippen LogP contribution < -0.4 is 15.4 Å². The third-order valence-electron chi connectivity index (χ3n) is 5.45. The van der Waals surface area contributed by atoms with E-state index in [1.807, 2.05) is 13.8 Å². The average molecular weight is 390 g/mol. The minimum absolute atomic E-state index is 0.00400. The van der Waals surface area contributed by atoms with E-state index in [2.05, 4.69) is 22.5 Å². The van der Waals surface area contributed by atoms with E-state index in [9.17, 15) is 9.59 Å². The molecule has 28 heavy (non-hydrogen) atoms. The highest BCUT2D eigenvalue weighted by molar-refractivity contribution is 5.97. The molecule has 1 heterocycles. The topological polar surface area (TPSA) is 70.7 Å². The molecule has 0 bridgehead atoms. The monoisotopic (exact) mass is 389 g/mol. The van der Waals surface area contributed by atoms with E-state index in [4.69, 9.17) is 4.74 Å². The van der Waals surface area contributed by atoms with Crippen molar-refractivity contribution in [2.45, 2.75) is 58.5 Å². The summed E-state index contributed by atoms with van der Waals surface area (Å²) in [5.41, 5.74) is 0.512. The molecule has 1 aliphatic rings. The van der Waals surface area contributed by atoms with Crippen LogP contribution in [0.3, 0.4) is 0 Å². The fourth-order valence-electron chi connectivity index (χ4n) is 3.60. The molecular weight excluding hydrogens is 354 g/mol. The highest BCUT2D eigenvalue weighted by Crippen LogP contribution is 2.16. The molecule has 1 saturated heterocycles. The van der Waals surface area contributed by atoms with Gasteiger partial charge in [-0.15, -0.1) is 0 Å². The van der Waals surface area contributed by atoms with Gasteiger partial charge in [0.25, 0.3) is 5.91 Å². The van der Waals surface area contributed by atoms with Gasteiger partial charge in [0, 0.05) is 24.7 Å². The number of benzene rings is 1. The Hall–Kier alpha value is -2.08. The Balaban J connectivity index is 1.81. The molecule has 1 aromatic rings. The third-order valence-corrected chi connectivity index (χ3v) is 5.45. The molecule has 2 rings (SSSR count). The van der Waals surface area contributed by atoms with Crippen LogP contribution in [0.4, 0.5) is 0 Å². The number of nitrogens with zero attached hydrogens (tertiary/aromatic N) is 1. The molecule has 6 heteroatoms. The maximum atomic E-state index is 12.6. The fraction of sp³-hybridized carbons (Fsp3) is 0.636. The molecule has 1 aliphatic heterocycles. The number of hydrogen-bond acceptors (Lipinski definition) is 4. The van der Waals surface area contributed by atoms with Crippen LogP contribution in [0.15, 0.2) is 24.3 Å². The summed E-state index contributed by atoms with van der Waals surface area (Å²) < 4.78 is 5.11. The Morgan fingerprint density at radius 2 is 1.93 bits per heavy atom. The summed E-state index contributed by atoms with van der Waals surface area (Å²) in [6.45, 7) is 8.94. The predicted octanol–water partition coefficient (Wildman–Crippen LogP) is 2.83. The quantitative estimate of drug-likeness (QED) is 0.637. The molecule has 0 unspecified atom stereocenters. The normalized spacial score (nSPS) is 18.5. The zero-order valence-corrected chi connectivity index (χ0v) is 17.7. The van der Waals surface area contributed by atoms with Crippen molar-refractivity contribution in [3.63, 3.8) is 0 Å². The highest BCUT2D eigenvalue weighted by Gasteiger charge is 2.24. The molecule has 1 aromatic carbocycles. The number of likely N-dealkylation sites (tertiary alicyclic amines) is 1. The van der Waals surface area contributed by atoms with Crippen molar-refractivity contribution >= 4 is 11.8 Å². The van der Waals surface area contributed by atoms with Crippen molar-refractivity contribution in [3.05, 3.63) is 29.8 Å². The number of rotatable bonds is 9. The smallest absolute Gasteiger partial charge is 0.251 e. The molecule has 0 saturated carbocycles. The molecule has 156 valence electrons. The predicted molar refractivity (Wildman–Crippen MR) is 112 cm³/mol. The number of hydrogen-bond donors (Lipinski definition) is 2. The summed E-state index contributed by atoms with van der Waals surface area (Å²) in [5.74, 6) is 0.323. The number of methoxy groups -OCH3 is 1. The van der Waals surface area contributed by atoms with Crippen LogP contribution in [-0.4, -0.2) is 55.5 Å². The van der Waals surface area contributed by atoms with Gasteiger partial charge in [0.2, 0.25) is 5.91 Å². The first kappa shape index (κ1) is 22.2. The van der Waals surface area contributed by atoms with Crippen molar-refractivity contribution in [2.75, 3.05) is 26.7 Å². The van der Waals surface area contributed by atoms with Gasteiger partial charge in [-0.05, 0) is 62.9 Å². The number of carbonyl (C=O) groups is 2. The van der Waals surface area contributed by atoms with E-state index in [0.29, 0.717) is 23.9 Å². The lowest BCUT2D eigenvalue weighted by molar-refractivity contribution is -0.123. The summed E-state index contributed by atoms with van der Waals surface area (Å²) in [6.07, 6.45) is 4.77.